The Morgan fingerprint density at radius 1 is 1.04 bits per heavy atom. The smallest absolute Gasteiger partial charge is 0.340 e. The van der Waals surface area contributed by atoms with Crippen molar-refractivity contribution >= 4 is 23.2 Å². The van der Waals surface area contributed by atoms with Crippen LogP contribution in [0.3, 0.4) is 0 Å². The molecule has 142 valence electrons. The Bertz CT molecular complexity index is 827. The molecule has 0 heterocycles. The second kappa shape index (κ2) is 8.62. The molecule has 0 aliphatic heterocycles. The van der Waals surface area contributed by atoms with Gasteiger partial charge in [0.05, 0.1) is 12.0 Å². The summed E-state index contributed by atoms with van der Waals surface area (Å²) in [5.74, 6) is -0.220. The number of rotatable bonds is 3. The summed E-state index contributed by atoms with van der Waals surface area (Å²) in [6.07, 6.45) is 0.303. The highest BCUT2D eigenvalue weighted by atomic mass is 16.5. The number of hydrogen-bond acceptors (Lipinski definition) is 5. The zero-order valence-electron chi connectivity index (χ0n) is 15.9. The summed E-state index contributed by atoms with van der Waals surface area (Å²) in [4.78, 5) is 33.5. The Morgan fingerprint density at radius 3 is 2.11 bits per heavy atom. The van der Waals surface area contributed by atoms with Crippen molar-refractivity contribution in [2.45, 2.75) is 39.7 Å². The molecule has 5 nitrogen and oxygen atoms in total. The number of anilines is 1. The highest BCUT2D eigenvalue weighted by Gasteiger charge is 2.37. The van der Waals surface area contributed by atoms with Gasteiger partial charge >= 0.3 is 5.97 Å². The molecule has 0 radical (unpaired) electrons. The van der Waals surface area contributed by atoms with Crippen molar-refractivity contribution in [2.75, 3.05) is 5.73 Å². The predicted octanol–water partition coefficient (Wildman–Crippen LogP) is 4.13. The van der Waals surface area contributed by atoms with Crippen LogP contribution in [0.5, 0.6) is 0 Å². The Balaban J connectivity index is 0.000000244. The lowest BCUT2D eigenvalue weighted by atomic mass is 9.91. The van der Waals surface area contributed by atoms with E-state index < -0.39 is 5.97 Å². The fourth-order valence-corrected chi connectivity index (χ4v) is 2.77. The number of para-hydroxylation sites is 1. The molecule has 0 aromatic heterocycles. The SMILES string of the molecule is CC(OC(=O)c1ccccc1N)c1ccccc1.CC1(C)CC(=O)CC1=O. The molecular formula is C22H25NO4. The monoisotopic (exact) mass is 367 g/mol. The Hall–Kier alpha value is -2.95. The summed E-state index contributed by atoms with van der Waals surface area (Å²) < 4.78 is 5.38. The minimum absolute atomic E-state index is 0.0880. The van der Waals surface area contributed by atoms with Crippen LogP contribution in [0.15, 0.2) is 54.6 Å². The van der Waals surface area contributed by atoms with E-state index >= 15 is 0 Å². The molecule has 0 saturated heterocycles. The van der Waals surface area contributed by atoms with Crippen LogP contribution in [0, 0.1) is 5.41 Å². The lowest BCUT2D eigenvalue weighted by molar-refractivity contribution is -0.124. The maximum atomic E-state index is 11.9. The van der Waals surface area contributed by atoms with Crippen LogP contribution in [0.25, 0.3) is 0 Å². The number of nitrogen functional groups attached to an aromatic ring is 1. The molecule has 27 heavy (non-hydrogen) atoms. The standard InChI is InChI=1S/C15H15NO2.C7H10O2/c1-11(12-7-3-2-4-8-12)18-15(17)13-9-5-6-10-14(13)16;1-7(2)4-5(8)3-6(7)9/h2-11H,16H2,1H3;3-4H2,1-2H3. The van der Waals surface area contributed by atoms with Gasteiger partial charge in [0.2, 0.25) is 0 Å². The van der Waals surface area contributed by atoms with Crippen molar-refractivity contribution in [3.8, 4) is 0 Å². The van der Waals surface area contributed by atoms with E-state index in [0.717, 1.165) is 5.56 Å². The fourth-order valence-electron chi connectivity index (χ4n) is 2.77. The molecule has 5 heteroatoms. The third-order valence-electron chi connectivity index (χ3n) is 4.49. The minimum atomic E-state index is -0.399. The molecule has 2 aromatic rings. The molecule has 1 aliphatic rings. The number of esters is 1. The number of Topliss-reactive ketones (excluding diaryl/α,β-unsaturated/α-hetero) is 2. The summed E-state index contributed by atoms with van der Waals surface area (Å²) >= 11 is 0. The lowest BCUT2D eigenvalue weighted by Gasteiger charge is -2.14. The molecule has 0 amide bonds. The maximum absolute atomic E-state index is 11.9. The largest absolute Gasteiger partial charge is 0.454 e. The molecule has 1 saturated carbocycles. The molecule has 1 aliphatic carbocycles. The van der Waals surface area contributed by atoms with E-state index in [1.54, 1.807) is 24.3 Å². The second-order valence-electron chi connectivity index (χ2n) is 7.24. The second-order valence-corrected chi connectivity index (χ2v) is 7.24. The topological polar surface area (TPSA) is 86.5 Å². The van der Waals surface area contributed by atoms with E-state index in [0.29, 0.717) is 17.7 Å². The predicted molar refractivity (Wildman–Crippen MR) is 104 cm³/mol. The third-order valence-corrected chi connectivity index (χ3v) is 4.49. The maximum Gasteiger partial charge on any atom is 0.340 e. The Kier molecular flexibility index (Phi) is 6.50. The molecule has 1 atom stereocenters. The normalized spacial score (nSPS) is 16.3. The van der Waals surface area contributed by atoms with Crippen LogP contribution in [-0.4, -0.2) is 17.5 Å². The van der Waals surface area contributed by atoms with Gasteiger partial charge in [-0.25, -0.2) is 4.79 Å². The average molecular weight is 367 g/mol. The van der Waals surface area contributed by atoms with E-state index in [1.165, 1.54) is 0 Å². The van der Waals surface area contributed by atoms with Crippen LogP contribution in [0.2, 0.25) is 0 Å². The van der Waals surface area contributed by atoms with Crippen molar-refractivity contribution in [1.29, 1.82) is 0 Å². The number of ether oxygens (including phenoxy) is 1. The zero-order valence-corrected chi connectivity index (χ0v) is 15.9. The van der Waals surface area contributed by atoms with Gasteiger partial charge in [-0.15, -0.1) is 0 Å². The summed E-state index contributed by atoms with van der Waals surface area (Å²) in [6, 6.07) is 16.5. The van der Waals surface area contributed by atoms with Gasteiger partial charge in [0.25, 0.3) is 0 Å². The first kappa shape index (κ1) is 20.4. The Labute approximate surface area is 159 Å². The summed E-state index contributed by atoms with van der Waals surface area (Å²) in [5.41, 5.74) is 7.17. The minimum Gasteiger partial charge on any atom is -0.454 e. The molecule has 2 N–H and O–H groups in total. The van der Waals surface area contributed by atoms with E-state index in [9.17, 15) is 14.4 Å². The average Bonchev–Trinajstić information content (AvgIpc) is 2.86. The number of benzene rings is 2. The molecular weight excluding hydrogens is 342 g/mol. The first-order valence-electron chi connectivity index (χ1n) is 8.86. The van der Waals surface area contributed by atoms with Crippen LogP contribution >= 0.6 is 0 Å². The van der Waals surface area contributed by atoms with Crippen molar-refractivity contribution in [2.24, 2.45) is 5.41 Å². The van der Waals surface area contributed by atoms with E-state index in [2.05, 4.69) is 0 Å². The first-order chi connectivity index (χ1) is 12.7. The number of nitrogens with two attached hydrogens (primary N) is 1. The molecule has 1 fully saturated rings. The van der Waals surface area contributed by atoms with Crippen LogP contribution in [-0.2, 0) is 14.3 Å². The van der Waals surface area contributed by atoms with E-state index in [4.69, 9.17) is 10.5 Å². The van der Waals surface area contributed by atoms with Crippen LogP contribution < -0.4 is 5.73 Å². The highest BCUT2D eigenvalue weighted by Crippen LogP contribution is 2.30. The van der Waals surface area contributed by atoms with Gasteiger partial charge in [-0.3, -0.25) is 9.59 Å². The van der Waals surface area contributed by atoms with Gasteiger partial charge in [-0.1, -0.05) is 56.3 Å². The molecule has 0 bridgehead atoms. The van der Waals surface area contributed by atoms with Crippen molar-refractivity contribution in [3.63, 3.8) is 0 Å². The van der Waals surface area contributed by atoms with Crippen LogP contribution in [0.1, 0.15) is 55.6 Å². The quantitative estimate of drug-likeness (QED) is 0.501. The third kappa shape index (κ3) is 5.51. The van der Waals surface area contributed by atoms with E-state index in [1.807, 2.05) is 51.1 Å². The lowest BCUT2D eigenvalue weighted by Crippen LogP contribution is -2.15. The summed E-state index contributed by atoms with van der Waals surface area (Å²) in [5, 5.41) is 0. The Morgan fingerprint density at radius 2 is 1.63 bits per heavy atom. The number of hydrogen-bond donors (Lipinski definition) is 1. The highest BCUT2D eigenvalue weighted by molar-refractivity contribution is 6.08. The zero-order chi connectivity index (χ0) is 20.0. The van der Waals surface area contributed by atoms with Gasteiger partial charge < -0.3 is 10.5 Å². The first-order valence-corrected chi connectivity index (χ1v) is 8.86. The molecule has 0 spiro atoms. The van der Waals surface area contributed by atoms with E-state index in [-0.39, 0.29) is 29.5 Å². The van der Waals surface area contributed by atoms with Crippen molar-refractivity contribution in [1.82, 2.24) is 0 Å². The van der Waals surface area contributed by atoms with Gasteiger partial charge in [0, 0.05) is 17.5 Å². The summed E-state index contributed by atoms with van der Waals surface area (Å²) in [6.45, 7) is 5.48. The molecule has 3 rings (SSSR count). The molecule has 1 unspecified atom stereocenters. The van der Waals surface area contributed by atoms with Gasteiger partial charge in [0.1, 0.15) is 17.7 Å². The van der Waals surface area contributed by atoms with Gasteiger partial charge in [-0.05, 0) is 24.6 Å². The van der Waals surface area contributed by atoms with Crippen LogP contribution in [0.4, 0.5) is 5.69 Å². The number of ketones is 2. The van der Waals surface area contributed by atoms with Crippen molar-refractivity contribution in [3.05, 3.63) is 65.7 Å². The number of carbonyl (C=O) groups is 3. The number of carbonyl (C=O) groups excluding carboxylic acids is 3. The summed E-state index contributed by atoms with van der Waals surface area (Å²) in [7, 11) is 0. The van der Waals surface area contributed by atoms with Gasteiger partial charge in [0.15, 0.2) is 0 Å². The van der Waals surface area contributed by atoms with Crippen molar-refractivity contribution < 1.29 is 19.1 Å². The van der Waals surface area contributed by atoms with Gasteiger partial charge in [-0.2, -0.15) is 0 Å². The fraction of sp³-hybridized carbons (Fsp3) is 0.318. The molecule has 2 aromatic carbocycles.